The third-order valence-corrected chi connectivity index (χ3v) is 4.45. The van der Waals surface area contributed by atoms with Crippen LogP contribution in [-0.2, 0) is 12.0 Å². The van der Waals surface area contributed by atoms with Crippen molar-refractivity contribution in [2.24, 2.45) is 11.8 Å². The Bertz CT molecular complexity index is 410. The van der Waals surface area contributed by atoms with E-state index in [4.69, 9.17) is 0 Å². The van der Waals surface area contributed by atoms with Gasteiger partial charge in [0.25, 0.3) is 0 Å². The molecule has 0 amide bonds. The van der Waals surface area contributed by atoms with Crippen molar-refractivity contribution in [3.05, 3.63) is 35.4 Å². The molecule has 1 fully saturated rings. The molecule has 2 atom stereocenters. The van der Waals surface area contributed by atoms with Crippen molar-refractivity contribution >= 4 is 0 Å². The van der Waals surface area contributed by atoms with E-state index in [1.807, 2.05) is 0 Å². The first-order valence-corrected chi connectivity index (χ1v) is 7.81. The highest BCUT2D eigenvalue weighted by Gasteiger charge is 2.31. The first kappa shape index (κ1) is 14.6. The van der Waals surface area contributed by atoms with Crippen LogP contribution in [0.25, 0.3) is 0 Å². The number of hydrogen-bond acceptors (Lipinski definition) is 1. The van der Waals surface area contributed by atoms with Gasteiger partial charge in [0.1, 0.15) is 0 Å². The van der Waals surface area contributed by atoms with Crippen molar-refractivity contribution in [3.63, 3.8) is 0 Å². The van der Waals surface area contributed by atoms with Crippen LogP contribution in [0.3, 0.4) is 0 Å². The molecule has 1 aliphatic carbocycles. The van der Waals surface area contributed by atoms with Gasteiger partial charge in [-0.1, -0.05) is 51.5 Å². The smallest absolute Gasteiger partial charge is 0.0896 e. The molecule has 1 nitrogen and oxygen atoms in total. The van der Waals surface area contributed by atoms with Crippen LogP contribution >= 0.6 is 0 Å². The minimum absolute atomic E-state index is 0.586. The van der Waals surface area contributed by atoms with Crippen LogP contribution in [-0.4, -0.2) is 5.11 Å². The fourth-order valence-electron chi connectivity index (χ4n) is 3.25. The average Bonchev–Trinajstić information content (AvgIpc) is 2.52. The zero-order valence-electron chi connectivity index (χ0n) is 12.7. The highest BCUT2D eigenvalue weighted by Crippen LogP contribution is 2.38. The molecule has 1 saturated carbocycles. The van der Waals surface area contributed by atoms with Gasteiger partial charge >= 0.3 is 0 Å². The van der Waals surface area contributed by atoms with E-state index in [0.29, 0.717) is 5.92 Å². The van der Waals surface area contributed by atoms with Crippen molar-refractivity contribution < 1.29 is 5.11 Å². The lowest BCUT2D eigenvalue weighted by molar-refractivity contribution is 0.0197. The van der Waals surface area contributed by atoms with Crippen molar-refractivity contribution in [1.29, 1.82) is 0 Å². The summed E-state index contributed by atoms with van der Waals surface area (Å²) in [6.45, 7) is 6.80. The molecular weight excluding hydrogens is 232 g/mol. The summed E-state index contributed by atoms with van der Waals surface area (Å²) in [4.78, 5) is 0. The van der Waals surface area contributed by atoms with E-state index in [9.17, 15) is 5.11 Å². The van der Waals surface area contributed by atoms with Gasteiger partial charge in [0.05, 0.1) is 5.60 Å². The molecule has 0 aromatic heterocycles. The van der Waals surface area contributed by atoms with Crippen LogP contribution in [0, 0.1) is 11.8 Å². The summed E-state index contributed by atoms with van der Waals surface area (Å²) in [6, 6.07) is 8.64. The van der Waals surface area contributed by atoms with Crippen molar-refractivity contribution in [3.8, 4) is 0 Å². The molecular formula is C18H28O. The van der Waals surface area contributed by atoms with E-state index in [-0.39, 0.29) is 0 Å². The summed E-state index contributed by atoms with van der Waals surface area (Å²) in [5, 5.41) is 11.0. The maximum atomic E-state index is 11.0. The molecule has 2 unspecified atom stereocenters. The molecule has 0 aliphatic heterocycles. The second-order valence-corrected chi connectivity index (χ2v) is 6.87. The highest BCUT2D eigenvalue weighted by atomic mass is 16.3. The fourth-order valence-corrected chi connectivity index (χ4v) is 3.25. The molecule has 106 valence electrons. The second kappa shape index (κ2) is 6.09. The number of benzene rings is 1. The molecule has 1 aliphatic rings. The van der Waals surface area contributed by atoms with Crippen LogP contribution in [0.5, 0.6) is 0 Å². The highest BCUT2D eigenvalue weighted by molar-refractivity contribution is 5.28. The van der Waals surface area contributed by atoms with Gasteiger partial charge in [-0.3, -0.25) is 0 Å². The zero-order valence-corrected chi connectivity index (χ0v) is 12.7. The topological polar surface area (TPSA) is 20.2 Å². The molecule has 0 bridgehead atoms. The monoisotopic (exact) mass is 260 g/mol. The Kier molecular flexibility index (Phi) is 4.67. The summed E-state index contributed by atoms with van der Waals surface area (Å²) in [6.07, 6.45) is 6.48. The van der Waals surface area contributed by atoms with Gasteiger partial charge in [-0.15, -0.1) is 0 Å². The van der Waals surface area contributed by atoms with Crippen LogP contribution in [0.15, 0.2) is 24.3 Å². The molecule has 1 N–H and O–H groups in total. The Labute approximate surface area is 118 Å². The predicted octanol–water partition coefficient (Wildman–Crippen LogP) is 4.67. The maximum absolute atomic E-state index is 11.0. The van der Waals surface area contributed by atoms with Gasteiger partial charge in [-0.05, 0) is 55.1 Å². The number of rotatable bonds is 3. The van der Waals surface area contributed by atoms with E-state index in [1.54, 1.807) is 0 Å². The minimum atomic E-state index is -0.586. The van der Waals surface area contributed by atoms with E-state index >= 15 is 0 Å². The quantitative estimate of drug-likeness (QED) is 0.783. The Morgan fingerprint density at radius 1 is 1.26 bits per heavy atom. The van der Waals surface area contributed by atoms with Crippen molar-refractivity contribution in [2.75, 3.05) is 0 Å². The number of aliphatic hydroxyl groups is 1. The van der Waals surface area contributed by atoms with E-state index in [1.165, 1.54) is 12.0 Å². The molecule has 1 aromatic carbocycles. The lowest BCUT2D eigenvalue weighted by Crippen LogP contribution is -2.25. The van der Waals surface area contributed by atoms with E-state index in [2.05, 4.69) is 45.0 Å². The molecule has 0 radical (unpaired) electrons. The SMILES string of the molecule is CC(C)Cc1cccc(C2(O)CCCC(C)CC2)c1. The average molecular weight is 260 g/mol. The summed E-state index contributed by atoms with van der Waals surface area (Å²) in [5.74, 6) is 1.42. The van der Waals surface area contributed by atoms with Crippen LogP contribution in [0.2, 0.25) is 0 Å². The molecule has 1 heteroatoms. The molecule has 2 rings (SSSR count). The molecule has 1 aromatic rings. The molecule has 0 spiro atoms. The summed E-state index contributed by atoms with van der Waals surface area (Å²) in [5.41, 5.74) is 1.91. The summed E-state index contributed by atoms with van der Waals surface area (Å²) in [7, 11) is 0. The van der Waals surface area contributed by atoms with Crippen molar-refractivity contribution in [1.82, 2.24) is 0 Å². The third kappa shape index (κ3) is 3.82. The van der Waals surface area contributed by atoms with Crippen LogP contribution in [0.4, 0.5) is 0 Å². The third-order valence-electron chi connectivity index (χ3n) is 4.45. The molecule has 0 saturated heterocycles. The Morgan fingerprint density at radius 2 is 2.05 bits per heavy atom. The lowest BCUT2D eigenvalue weighted by atomic mass is 9.85. The van der Waals surface area contributed by atoms with Crippen LogP contribution < -0.4 is 0 Å². The van der Waals surface area contributed by atoms with Gasteiger partial charge in [0.2, 0.25) is 0 Å². The van der Waals surface area contributed by atoms with E-state index in [0.717, 1.165) is 43.6 Å². The Balaban J connectivity index is 2.19. The normalized spacial score (nSPS) is 28.4. The molecule has 19 heavy (non-hydrogen) atoms. The van der Waals surface area contributed by atoms with E-state index < -0.39 is 5.60 Å². The zero-order chi connectivity index (χ0) is 13.9. The van der Waals surface area contributed by atoms with Gasteiger partial charge < -0.3 is 5.11 Å². The lowest BCUT2D eigenvalue weighted by Gasteiger charge is -2.28. The Hall–Kier alpha value is -0.820. The maximum Gasteiger partial charge on any atom is 0.0896 e. The summed E-state index contributed by atoms with van der Waals surface area (Å²) >= 11 is 0. The van der Waals surface area contributed by atoms with Gasteiger partial charge in [-0.25, -0.2) is 0 Å². The van der Waals surface area contributed by atoms with Gasteiger partial charge in [0, 0.05) is 0 Å². The van der Waals surface area contributed by atoms with Crippen molar-refractivity contribution in [2.45, 2.75) is 64.9 Å². The largest absolute Gasteiger partial charge is 0.385 e. The van der Waals surface area contributed by atoms with Crippen LogP contribution in [0.1, 0.15) is 64.0 Å². The predicted molar refractivity (Wildman–Crippen MR) is 81.1 cm³/mol. The minimum Gasteiger partial charge on any atom is -0.385 e. The summed E-state index contributed by atoms with van der Waals surface area (Å²) < 4.78 is 0. The molecule has 0 heterocycles. The van der Waals surface area contributed by atoms with Gasteiger partial charge in [0.15, 0.2) is 0 Å². The first-order chi connectivity index (χ1) is 8.99. The standard InChI is InChI=1S/C18H28O/c1-14(2)12-16-7-4-8-17(13-16)18(19)10-5-6-15(3)9-11-18/h4,7-8,13-15,19H,5-6,9-12H2,1-3H3. The Morgan fingerprint density at radius 3 is 2.79 bits per heavy atom. The number of hydrogen-bond donors (Lipinski definition) is 1. The first-order valence-electron chi connectivity index (χ1n) is 7.81. The second-order valence-electron chi connectivity index (χ2n) is 6.87. The van der Waals surface area contributed by atoms with Gasteiger partial charge in [-0.2, -0.15) is 0 Å². The fraction of sp³-hybridized carbons (Fsp3) is 0.667.